The number of nitrogens with zero attached hydrogens (tertiary/aromatic N) is 3. The van der Waals surface area contributed by atoms with E-state index in [9.17, 15) is 0 Å². The lowest BCUT2D eigenvalue weighted by molar-refractivity contribution is 0.135. The molecule has 0 atom stereocenters. The van der Waals surface area contributed by atoms with Crippen molar-refractivity contribution < 1.29 is 0 Å². The molecule has 0 radical (unpaired) electrons. The van der Waals surface area contributed by atoms with Crippen LogP contribution in [0, 0.1) is 0 Å². The second kappa shape index (κ2) is 6.08. The first kappa shape index (κ1) is 13.8. The third-order valence-electron chi connectivity index (χ3n) is 5.00. The van der Waals surface area contributed by atoms with E-state index in [0.717, 1.165) is 18.9 Å². The molecular formula is C16H26N4. The second-order valence-electron chi connectivity index (χ2n) is 6.25. The zero-order valence-corrected chi connectivity index (χ0v) is 12.6. The normalized spacial score (nSPS) is 22.2. The molecular weight excluding hydrogens is 248 g/mol. The summed E-state index contributed by atoms with van der Waals surface area (Å²) < 4.78 is 0. The number of anilines is 1. The number of hydrogen-bond donors (Lipinski definition) is 1. The third kappa shape index (κ3) is 2.80. The summed E-state index contributed by atoms with van der Waals surface area (Å²) in [4.78, 5) is 11.6. The molecule has 0 amide bonds. The molecule has 1 N–H and O–H groups in total. The summed E-state index contributed by atoms with van der Waals surface area (Å²) in [6.07, 6.45) is 13.0. The summed E-state index contributed by atoms with van der Waals surface area (Å²) in [5, 5.41) is 3.49. The first-order chi connectivity index (χ1) is 9.82. The third-order valence-corrected chi connectivity index (χ3v) is 5.00. The van der Waals surface area contributed by atoms with Crippen LogP contribution in [0.4, 0.5) is 5.95 Å². The summed E-state index contributed by atoms with van der Waals surface area (Å²) in [6, 6.07) is 0. The van der Waals surface area contributed by atoms with Crippen molar-refractivity contribution in [3.8, 4) is 0 Å². The minimum atomic E-state index is 0.364. The van der Waals surface area contributed by atoms with Crippen LogP contribution in [-0.2, 0) is 6.42 Å². The van der Waals surface area contributed by atoms with Gasteiger partial charge in [0.1, 0.15) is 0 Å². The molecule has 1 saturated carbocycles. The molecule has 4 heteroatoms. The number of aryl methyl sites for hydroxylation is 1. The lowest BCUT2D eigenvalue weighted by Gasteiger charge is -2.39. The van der Waals surface area contributed by atoms with E-state index in [4.69, 9.17) is 0 Å². The molecule has 0 aromatic carbocycles. The van der Waals surface area contributed by atoms with Gasteiger partial charge < -0.3 is 5.32 Å². The zero-order valence-electron chi connectivity index (χ0n) is 12.6. The molecule has 0 bridgehead atoms. The average molecular weight is 274 g/mol. The van der Waals surface area contributed by atoms with Crippen molar-refractivity contribution in [3.05, 3.63) is 18.0 Å². The van der Waals surface area contributed by atoms with Crippen LogP contribution in [0.5, 0.6) is 0 Å². The summed E-state index contributed by atoms with van der Waals surface area (Å²) in [5.41, 5.74) is 1.56. The average Bonchev–Trinajstić information content (AvgIpc) is 3.17. The van der Waals surface area contributed by atoms with E-state index < -0.39 is 0 Å². The maximum Gasteiger partial charge on any atom is 0.222 e. The molecule has 2 heterocycles. The van der Waals surface area contributed by atoms with Gasteiger partial charge in [-0.25, -0.2) is 9.97 Å². The Kier molecular flexibility index (Phi) is 4.20. The van der Waals surface area contributed by atoms with Gasteiger partial charge in [0.25, 0.3) is 0 Å². The van der Waals surface area contributed by atoms with Crippen LogP contribution in [0.15, 0.2) is 12.4 Å². The number of nitrogens with one attached hydrogen (secondary N) is 1. The van der Waals surface area contributed by atoms with E-state index in [-0.39, 0.29) is 0 Å². The Morgan fingerprint density at radius 1 is 1.10 bits per heavy atom. The lowest BCUT2D eigenvalue weighted by atomic mass is 9.95. The molecule has 4 nitrogen and oxygen atoms in total. The molecule has 0 spiro atoms. The van der Waals surface area contributed by atoms with E-state index in [1.807, 2.05) is 12.4 Å². The van der Waals surface area contributed by atoms with Crippen LogP contribution in [0.3, 0.4) is 0 Å². The first-order valence-electron chi connectivity index (χ1n) is 8.12. The van der Waals surface area contributed by atoms with E-state index >= 15 is 0 Å². The molecule has 2 aliphatic rings. The molecule has 1 aromatic rings. The Labute approximate surface area is 122 Å². The fraction of sp³-hybridized carbons (Fsp3) is 0.750. The predicted octanol–water partition coefficient (Wildman–Crippen LogP) is 2.86. The van der Waals surface area contributed by atoms with Gasteiger partial charge in [0, 0.05) is 24.5 Å². The zero-order chi connectivity index (χ0) is 13.8. The summed E-state index contributed by atoms with van der Waals surface area (Å²) in [6.45, 7) is 5.68. The highest BCUT2D eigenvalue weighted by Crippen LogP contribution is 2.37. The van der Waals surface area contributed by atoms with Crippen LogP contribution >= 0.6 is 0 Å². The highest BCUT2D eigenvalue weighted by Gasteiger charge is 2.40. The van der Waals surface area contributed by atoms with Gasteiger partial charge in [0.2, 0.25) is 5.95 Å². The molecule has 1 saturated heterocycles. The SMILES string of the molecule is CCc1cnc(NCC2(N3CCCC3)CCCC2)nc1. The van der Waals surface area contributed by atoms with Gasteiger partial charge in [-0.05, 0) is 50.8 Å². The van der Waals surface area contributed by atoms with Crippen LogP contribution in [0.25, 0.3) is 0 Å². The molecule has 1 aromatic heterocycles. The lowest BCUT2D eigenvalue weighted by Crippen LogP contribution is -2.50. The van der Waals surface area contributed by atoms with Crippen molar-refractivity contribution in [2.24, 2.45) is 0 Å². The van der Waals surface area contributed by atoms with Gasteiger partial charge in [0.15, 0.2) is 0 Å². The highest BCUT2D eigenvalue weighted by molar-refractivity contribution is 5.26. The molecule has 3 rings (SSSR count). The molecule has 20 heavy (non-hydrogen) atoms. The van der Waals surface area contributed by atoms with Gasteiger partial charge in [-0.1, -0.05) is 19.8 Å². The Morgan fingerprint density at radius 3 is 2.35 bits per heavy atom. The van der Waals surface area contributed by atoms with E-state index in [0.29, 0.717) is 5.54 Å². The van der Waals surface area contributed by atoms with Crippen molar-refractivity contribution in [3.63, 3.8) is 0 Å². The standard InChI is InChI=1S/C16H26N4/c1-2-14-11-17-15(18-12-14)19-13-16(7-3-4-8-16)20-9-5-6-10-20/h11-12H,2-10,13H2,1H3,(H,17,18,19). The molecule has 110 valence electrons. The number of aromatic nitrogens is 2. The molecule has 1 aliphatic carbocycles. The van der Waals surface area contributed by atoms with Gasteiger partial charge in [-0.3, -0.25) is 4.90 Å². The second-order valence-corrected chi connectivity index (χ2v) is 6.25. The number of hydrogen-bond acceptors (Lipinski definition) is 4. The minimum Gasteiger partial charge on any atom is -0.352 e. The quantitative estimate of drug-likeness (QED) is 0.896. The molecule has 1 aliphatic heterocycles. The minimum absolute atomic E-state index is 0.364. The van der Waals surface area contributed by atoms with Gasteiger partial charge in [0.05, 0.1) is 0 Å². The fourth-order valence-electron chi connectivity index (χ4n) is 3.70. The van der Waals surface area contributed by atoms with Gasteiger partial charge in [-0.2, -0.15) is 0 Å². The Hall–Kier alpha value is -1.16. The van der Waals surface area contributed by atoms with Gasteiger partial charge in [-0.15, -0.1) is 0 Å². The molecule has 2 fully saturated rings. The number of likely N-dealkylation sites (tertiary alicyclic amines) is 1. The van der Waals surface area contributed by atoms with E-state index in [2.05, 4.69) is 27.1 Å². The fourth-order valence-corrected chi connectivity index (χ4v) is 3.70. The van der Waals surface area contributed by atoms with Crippen molar-refractivity contribution in [1.82, 2.24) is 14.9 Å². The van der Waals surface area contributed by atoms with Crippen LogP contribution in [0.2, 0.25) is 0 Å². The maximum absolute atomic E-state index is 4.43. The highest BCUT2D eigenvalue weighted by atomic mass is 15.2. The Bertz CT molecular complexity index is 417. The van der Waals surface area contributed by atoms with Crippen LogP contribution in [0.1, 0.15) is 51.0 Å². The smallest absolute Gasteiger partial charge is 0.222 e. The van der Waals surface area contributed by atoms with Crippen LogP contribution in [-0.4, -0.2) is 40.0 Å². The maximum atomic E-state index is 4.43. The Morgan fingerprint density at radius 2 is 1.75 bits per heavy atom. The summed E-state index contributed by atoms with van der Waals surface area (Å²) in [7, 11) is 0. The van der Waals surface area contributed by atoms with Crippen LogP contribution < -0.4 is 5.32 Å². The first-order valence-corrected chi connectivity index (χ1v) is 8.12. The summed E-state index contributed by atoms with van der Waals surface area (Å²) >= 11 is 0. The van der Waals surface area contributed by atoms with Crippen molar-refractivity contribution in [1.29, 1.82) is 0 Å². The van der Waals surface area contributed by atoms with Crippen molar-refractivity contribution in [2.75, 3.05) is 25.0 Å². The topological polar surface area (TPSA) is 41.1 Å². The monoisotopic (exact) mass is 274 g/mol. The van der Waals surface area contributed by atoms with Gasteiger partial charge >= 0.3 is 0 Å². The van der Waals surface area contributed by atoms with E-state index in [1.165, 1.54) is 57.2 Å². The summed E-state index contributed by atoms with van der Waals surface area (Å²) in [5.74, 6) is 0.785. The van der Waals surface area contributed by atoms with E-state index in [1.54, 1.807) is 0 Å². The largest absolute Gasteiger partial charge is 0.352 e. The molecule has 0 unspecified atom stereocenters. The number of rotatable bonds is 5. The van der Waals surface area contributed by atoms with Crippen molar-refractivity contribution >= 4 is 5.95 Å². The van der Waals surface area contributed by atoms with Crippen molar-refractivity contribution in [2.45, 2.75) is 57.4 Å². The predicted molar refractivity (Wildman–Crippen MR) is 81.9 cm³/mol. The Balaban J connectivity index is 1.64.